The zero-order valence-electron chi connectivity index (χ0n) is 8.50. The van der Waals surface area contributed by atoms with Crippen molar-refractivity contribution in [3.63, 3.8) is 0 Å². The molecule has 0 heterocycles. The zero-order valence-corrected chi connectivity index (χ0v) is 10.9. The second-order valence-electron chi connectivity index (χ2n) is 3.43. The Morgan fingerprint density at radius 3 is 2.60 bits per heavy atom. The molecule has 0 spiro atoms. The third kappa shape index (κ3) is 2.96. The maximum Gasteiger partial charge on any atom is 0.128 e. The standard InChI is InChI=1S/C10H12BrFN2S/c1-14(2)9(10(13)15)7-5-6(11)3-4-8(7)12/h3-5,9H,1-2H3,(H2,13,15). The van der Waals surface area contributed by atoms with Crippen LogP contribution in [0.5, 0.6) is 0 Å². The van der Waals surface area contributed by atoms with Crippen LogP contribution < -0.4 is 5.73 Å². The van der Waals surface area contributed by atoms with Crippen molar-refractivity contribution in [2.45, 2.75) is 6.04 Å². The molecule has 15 heavy (non-hydrogen) atoms. The minimum absolute atomic E-state index is 0.261. The number of benzene rings is 1. The lowest BCUT2D eigenvalue weighted by molar-refractivity contribution is 0.361. The van der Waals surface area contributed by atoms with E-state index in [1.807, 2.05) is 14.1 Å². The first-order chi connectivity index (χ1) is 6.93. The largest absolute Gasteiger partial charge is 0.392 e. The first kappa shape index (κ1) is 12.5. The molecule has 2 N–H and O–H groups in total. The summed E-state index contributed by atoms with van der Waals surface area (Å²) in [6, 6.07) is 4.36. The molecule has 0 aromatic heterocycles. The van der Waals surface area contributed by atoms with E-state index in [2.05, 4.69) is 15.9 Å². The Labute approximate surface area is 102 Å². The van der Waals surface area contributed by atoms with Crippen LogP contribution in [0.25, 0.3) is 0 Å². The van der Waals surface area contributed by atoms with Crippen LogP contribution >= 0.6 is 28.1 Å². The van der Waals surface area contributed by atoms with Gasteiger partial charge in [0.25, 0.3) is 0 Å². The summed E-state index contributed by atoms with van der Waals surface area (Å²) in [6.45, 7) is 0. The van der Waals surface area contributed by atoms with Crippen LogP contribution in [0.2, 0.25) is 0 Å². The third-order valence-electron chi connectivity index (χ3n) is 2.04. The molecule has 0 saturated carbocycles. The van der Waals surface area contributed by atoms with Crippen molar-refractivity contribution in [2.75, 3.05) is 14.1 Å². The Kier molecular flexibility index (Phi) is 4.19. The number of nitrogens with two attached hydrogens (primary N) is 1. The number of hydrogen-bond acceptors (Lipinski definition) is 2. The van der Waals surface area contributed by atoms with E-state index < -0.39 is 0 Å². The fourth-order valence-corrected chi connectivity index (χ4v) is 2.13. The minimum Gasteiger partial charge on any atom is -0.392 e. The van der Waals surface area contributed by atoms with E-state index >= 15 is 0 Å². The van der Waals surface area contributed by atoms with Gasteiger partial charge in [-0.05, 0) is 32.3 Å². The molecule has 0 aliphatic heterocycles. The van der Waals surface area contributed by atoms with Gasteiger partial charge >= 0.3 is 0 Å². The van der Waals surface area contributed by atoms with Crippen molar-refractivity contribution < 1.29 is 4.39 Å². The van der Waals surface area contributed by atoms with Crippen LogP contribution in [0.1, 0.15) is 11.6 Å². The number of halogens is 2. The molecule has 0 fully saturated rings. The number of likely N-dealkylation sites (N-methyl/N-ethyl adjacent to an activating group) is 1. The van der Waals surface area contributed by atoms with Crippen molar-refractivity contribution in [1.82, 2.24) is 4.90 Å². The predicted octanol–water partition coefficient (Wildman–Crippen LogP) is 2.48. The van der Waals surface area contributed by atoms with Gasteiger partial charge in [-0.1, -0.05) is 28.1 Å². The molecular weight excluding hydrogens is 279 g/mol. The van der Waals surface area contributed by atoms with Crippen LogP contribution in [0.4, 0.5) is 4.39 Å². The van der Waals surface area contributed by atoms with Crippen molar-refractivity contribution >= 4 is 33.1 Å². The lowest BCUT2D eigenvalue weighted by Crippen LogP contribution is -2.32. The molecule has 5 heteroatoms. The van der Waals surface area contributed by atoms with Gasteiger partial charge < -0.3 is 5.73 Å². The average molecular weight is 291 g/mol. The highest BCUT2D eigenvalue weighted by Gasteiger charge is 2.20. The van der Waals surface area contributed by atoms with Gasteiger partial charge in [0, 0.05) is 10.0 Å². The predicted molar refractivity (Wildman–Crippen MR) is 67.3 cm³/mol. The van der Waals surface area contributed by atoms with Crippen molar-refractivity contribution in [3.8, 4) is 0 Å². The fourth-order valence-electron chi connectivity index (χ4n) is 1.41. The molecule has 0 aliphatic carbocycles. The smallest absolute Gasteiger partial charge is 0.128 e. The second kappa shape index (κ2) is 5.01. The number of thiocarbonyl (C=S) groups is 1. The van der Waals surface area contributed by atoms with Gasteiger partial charge in [0.1, 0.15) is 5.82 Å². The molecule has 1 unspecified atom stereocenters. The van der Waals surface area contributed by atoms with Crippen LogP contribution in [-0.4, -0.2) is 24.0 Å². The summed E-state index contributed by atoms with van der Waals surface area (Å²) >= 11 is 8.23. The Balaban J connectivity index is 3.22. The summed E-state index contributed by atoms with van der Waals surface area (Å²) in [4.78, 5) is 2.05. The van der Waals surface area contributed by atoms with E-state index in [-0.39, 0.29) is 16.8 Å². The summed E-state index contributed by atoms with van der Waals surface area (Å²) < 4.78 is 14.4. The topological polar surface area (TPSA) is 29.3 Å². The van der Waals surface area contributed by atoms with Crippen LogP contribution in [-0.2, 0) is 0 Å². The summed E-state index contributed by atoms with van der Waals surface area (Å²) in [5, 5.41) is 0. The SMILES string of the molecule is CN(C)C(C(N)=S)c1cc(Br)ccc1F. The molecule has 1 rings (SSSR count). The summed E-state index contributed by atoms with van der Waals surface area (Å²) in [6.07, 6.45) is 0. The molecule has 2 nitrogen and oxygen atoms in total. The maximum absolute atomic E-state index is 13.6. The Morgan fingerprint density at radius 2 is 2.13 bits per heavy atom. The molecule has 0 bridgehead atoms. The van der Waals surface area contributed by atoms with E-state index in [1.54, 1.807) is 17.0 Å². The number of nitrogens with zero attached hydrogens (tertiary/aromatic N) is 1. The Morgan fingerprint density at radius 1 is 1.53 bits per heavy atom. The molecule has 0 radical (unpaired) electrons. The normalized spacial score (nSPS) is 12.9. The molecule has 1 aromatic carbocycles. The summed E-state index contributed by atoms with van der Waals surface area (Å²) in [7, 11) is 3.62. The highest BCUT2D eigenvalue weighted by Crippen LogP contribution is 2.25. The second-order valence-corrected chi connectivity index (χ2v) is 4.82. The highest BCUT2D eigenvalue weighted by atomic mass is 79.9. The Hall–Kier alpha value is -0.520. The van der Waals surface area contributed by atoms with E-state index in [0.29, 0.717) is 5.56 Å². The molecule has 0 saturated heterocycles. The van der Waals surface area contributed by atoms with Gasteiger partial charge in [-0.25, -0.2) is 4.39 Å². The lowest BCUT2D eigenvalue weighted by atomic mass is 10.1. The van der Waals surface area contributed by atoms with Gasteiger partial charge in [-0.15, -0.1) is 0 Å². The molecule has 1 aromatic rings. The Bertz CT molecular complexity index is 382. The van der Waals surface area contributed by atoms with Gasteiger partial charge in [-0.2, -0.15) is 0 Å². The van der Waals surface area contributed by atoms with Crippen molar-refractivity contribution in [3.05, 3.63) is 34.1 Å². The number of rotatable bonds is 3. The van der Waals surface area contributed by atoms with Crippen molar-refractivity contribution in [2.24, 2.45) is 5.73 Å². The summed E-state index contributed by atoms with van der Waals surface area (Å²) in [5.74, 6) is -0.301. The van der Waals surface area contributed by atoms with E-state index in [9.17, 15) is 4.39 Å². The van der Waals surface area contributed by atoms with Gasteiger partial charge in [-0.3, -0.25) is 4.90 Å². The molecular formula is C10H12BrFN2S. The van der Waals surface area contributed by atoms with Crippen molar-refractivity contribution in [1.29, 1.82) is 0 Å². The molecule has 0 amide bonds. The zero-order chi connectivity index (χ0) is 11.6. The fraction of sp³-hybridized carbons (Fsp3) is 0.300. The van der Waals surface area contributed by atoms with Gasteiger partial charge in [0.05, 0.1) is 11.0 Å². The maximum atomic E-state index is 13.6. The van der Waals surface area contributed by atoms with E-state index in [0.717, 1.165) is 4.47 Å². The quantitative estimate of drug-likeness (QED) is 0.868. The average Bonchev–Trinajstić information content (AvgIpc) is 2.10. The third-order valence-corrected chi connectivity index (χ3v) is 2.76. The van der Waals surface area contributed by atoms with Crippen LogP contribution in [0, 0.1) is 5.82 Å². The lowest BCUT2D eigenvalue weighted by Gasteiger charge is -2.24. The van der Waals surface area contributed by atoms with Gasteiger partial charge in [0.2, 0.25) is 0 Å². The molecule has 1 atom stereocenters. The van der Waals surface area contributed by atoms with E-state index in [4.69, 9.17) is 18.0 Å². The monoisotopic (exact) mass is 290 g/mol. The van der Waals surface area contributed by atoms with E-state index in [1.165, 1.54) is 6.07 Å². The van der Waals surface area contributed by atoms with Crippen LogP contribution in [0.3, 0.4) is 0 Å². The van der Waals surface area contributed by atoms with Gasteiger partial charge in [0.15, 0.2) is 0 Å². The van der Waals surface area contributed by atoms with Crippen LogP contribution in [0.15, 0.2) is 22.7 Å². The molecule has 0 aliphatic rings. The first-order valence-corrected chi connectivity index (χ1v) is 5.54. The minimum atomic E-state index is -0.377. The molecule has 82 valence electrons. The highest BCUT2D eigenvalue weighted by molar-refractivity contribution is 9.10. The number of hydrogen-bond donors (Lipinski definition) is 1. The first-order valence-electron chi connectivity index (χ1n) is 4.34. The summed E-state index contributed by atoms with van der Waals surface area (Å²) in [5.41, 5.74) is 6.08.